The SMILES string of the molecule is COC(=O)CCc1ccc(CON2C(=O)c3ccccc3C2=O)cc1. The molecule has 2 aromatic rings. The molecule has 0 radical (unpaired) electrons. The molecule has 0 unspecified atom stereocenters. The number of hydrogen-bond donors (Lipinski definition) is 0. The molecule has 0 atom stereocenters. The fraction of sp³-hybridized carbons (Fsp3) is 0.211. The van der Waals surface area contributed by atoms with Crippen molar-refractivity contribution in [3.8, 4) is 0 Å². The Morgan fingerprint density at radius 2 is 1.48 bits per heavy atom. The highest BCUT2D eigenvalue weighted by Gasteiger charge is 2.36. The van der Waals surface area contributed by atoms with Gasteiger partial charge in [-0.1, -0.05) is 36.4 Å². The lowest BCUT2D eigenvalue weighted by atomic mass is 10.1. The number of benzene rings is 2. The van der Waals surface area contributed by atoms with E-state index in [1.807, 2.05) is 24.3 Å². The van der Waals surface area contributed by atoms with Crippen LogP contribution in [0.4, 0.5) is 0 Å². The van der Waals surface area contributed by atoms with Gasteiger partial charge in [-0.15, -0.1) is 5.06 Å². The summed E-state index contributed by atoms with van der Waals surface area (Å²) in [5.74, 6) is -1.15. The van der Waals surface area contributed by atoms with Gasteiger partial charge in [-0.3, -0.25) is 19.2 Å². The van der Waals surface area contributed by atoms with Gasteiger partial charge in [0.05, 0.1) is 18.2 Å². The zero-order valence-corrected chi connectivity index (χ0v) is 13.7. The molecule has 0 saturated carbocycles. The largest absolute Gasteiger partial charge is 0.469 e. The summed E-state index contributed by atoms with van der Waals surface area (Å²) in [6.45, 7) is 0.1000. The predicted octanol–water partition coefficient (Wildman–Crippen LogP) is 2.52. The third-order valence-corrected chi connectivity index (χ3v) is 3.99. The number of fused-ring (bicyclic) bond motifs is 1. The second-order valence-corrected chi connectivity index (χ2v) is 5.62. The fourth-order valence-corrected chi connectivity index (χ4v) is 2.57. The van der Waals surface area contributed by atoms with E-state index < -0.39 is 11.8 Å². The van der Waals surface area contributed by atoms with E-state index in [-0.39, 0.29) is 12.6 Å². The zero-order chi connectivity index (χ0) is 17.8. The number of nitrogens with zero attached hydrogens (tertiary/aromatic N) is 1. The van der Waals surface area contributed by atoms with Crippen molar-refractivity contribution in [3.05, 3.63) is 70.8 Å². The molecular formula is C19H17NO5. The first-order valence-electron chi connectivity index (χ1n) is 7.85. The maximum Gasteiger partial charge on any atom is 0.305 e. The summed E-state index contributed by atoms with van der Waals surface area (Å²) in [6.07, 6.45) is 0.910. The highest BCUT2D eigenvalue weighted by Crippen LogP contribution is 2.23. The van der Waals surface area contributed by atoms with Crippen LogP contribution in [0, 0.1) is 0 Å². The summed E-state index contributed by atoms with van der Waals surface area (Å²) in [5, 5.41) is 0.801. The highest BCUT2D eigenvalue weighted by atomic mass is 16.7. The molecule has 0 fully saturated rings. The van der Waals surface area contributed by atoms with Crippen molar-refractivity contribution in [3.63, 3.8) is 0 Å². The molecule has 128 valence electrons. The molecule has 0 spiro atoms. The summed E-state index contributed by atoms with van der Waals surface area (Å²) in [6, 6.07) is 14.1. The molecule has 1 aliphatic heterocycles. The van der Waals surface area contributed by atoms with Crippen LogP contribution in [0.5, 0.6) is 0 Å². The van der Waals surface area contributed by atoms with E-state index in [2.05, 4.69) is 4.74 Å². The third-order valence-electron chi connectivity index (χ3n) is 3.99. The van der Waals surface area contributed by atoms with Gasteiger partial charge in [0.2, 0.25) is 0 Å². The molecule has 0 aromatic heterocycles. The van der Waals surface area contributed by atoms with Crippen LogP contribution in [0.1, 0.15) is 38.3 Å². The normalized spacial score (nSPS) is 13.1. The third kappa shape index (κ3) is 3.59. The van der Waals surface area contributed by atoms with Crippen molar-refractivity contribution in [1.29, 1.82) is 0 Å². The molecule has 1 aliphatic rings. The van der Waals surface area contributed by atoms with Crippen LogP contribution in [0.3, 0.4) is 0 Å². The van der Waals surface area contributed by atoms with E-state index in [4.69, 9.17) is 4.84 Å². The Balaban J connectivity index is 1.58. The lowest BCUT2D eigenvalue weighted by Crippen LogP contribution is -2.29. The van der Waals surface area contributed by atoms with Crippen molar-refractivity contribution in [1.82, 2.24) is 5.06 Å². The predicted molar refractivity (Wildman–Crippen MR) is 88.5 cm³/mol. The standard InChI is InChI=1S/C19H17NO5/c1-24-17(21)11-10-13-6-8-14(9-7-13)12-25-20-18(22)15-4-2-3-5-16(15)19(20)23/h2-9H,10-12H2,1H3. The van der Waals surface area contributed by atoms with Gasteiger partial charge in [0.1, 0.15) is 6.61 Å². The molecule has 1 heterocycles. The molecule has 2 aromatic carbocycles. The Labute approximate surface area is 144 Å². The number of methoxy groups -OCH3 is 1. The van der Waals surface area contributed by atoms with Crippen LogP contribution >= 0.6 is 0 Å². The molecule has 2 amide bonds. The first-order valence-corrected chi connectivity index (χ1v) is 7.85. The summed E-state index contributed by atoms with van der Waals surface area (Å²) in [5.41, 5.74) is 2.52. The van der Waals surface area contributed by atoms with Gasteiger partial charge in [-0.25, -0.2) is 0 Å². The van der Waals surface area contributed by atoms with Gasteiger partial charge in [-0.2, -0.15) is 0 Å². The topological polar surface area (TPSA) is 72.9 Å². The fourth-order valence-electron chi connectivity index (χ4n) is 2.57. The van der Waals surface area contributed by atoms with Gasteiger partial charge in [0.25, 0.3) is 11.8 Å². The van der Waals surface area contributed by atoms with Gasteiger partial charge in [0, 0.05) is 6.42 Å². The molecule has 6 heteroatoms. The Morgan fingerprint density at radius 3 is 2.04 bits per heavy atom. The van der Waals surface area contributed by atoms with Gasteiger partial charge >= 0.3 is 5.97 Å². The maximum atomic E-state index is 12.2. The van der Waals surface area contributed by atoms with Crippen molar-refractivity contribution in [2.45, 2.75) is 19.4 Å². The van der Waals surface area contributed by atoms with E-state index in [0.717, 1.165) is 16.2 Å². The number of amides is 2. The molecular weight excluding hydrogens is 322 g/mol. The van der Waals surface area contributed by atoms with Crippen molar-refractivity contribution >= 4 is 17.8 Å². The van der Waals surface area contributed by atoms with Gasteiger partial charge in [-0.05, 0) is 29.7 Å². The average molecular weight is 339 g/mol. The maximum absolute atomic E-state index is 12.2. The number of ether oxygens (including phenoxy) is 1. The number of carbonyl (C=O) groups excluding carboxylic acids is 3. The lowest BCUT2D eigenvalue weighted by Gasteiger charge is -2.13. The zero-order valence-electron chi connectivity index (χ0n) is 13.7. The van der Waals surface area contributed by atoms with Crippen LogP contribution in [-0.4, -0.2) is 30.0 Å². The van der Waals surface area contributed by atoms with E-state index in [1.54, 1.807) is 24.3 Å². The van der Waals surface area contributed by atoms with Gasteiger partial charge < -0.3 is 4.74 Å². The minimum atomic E-state index is -0.449. The average Bonchev–Trinajstić information content (AvgIpc) is 2.90. The van der Waals surface area contributed by atoms with E-state index in [1.165, 1.54) is 7.11 Å². The molecule has 0 N–H and O–H groups in total. The molecule has 6 nitrogen and oxygen atoms in total. The van der Waals surface area contributed by atoms with Crippen LogP contribution in [-0.2, 0) is 27.4 Å². The second-order valence-electron chi connectivity index (χ2n) is 5.62. The van der Waals surface area contributed by atoms with Crippen molar-refractivity contribution in [2.75, 3.05) is 7.11 Å². The molecule has 0 aliphatic carbocycles. The Bertz CT molecular complexity index is 778. The number of rotatable bonds is 6. The van der Waals surface area contributed by atoms with Crippen LogP contribution in [0.2, 0.25) is 0 Å². The van der Waals surface area contributed by atoms with Gasteiger partial charge in [0.15, 0.2) is 0 Å². The Morgan fingerprint density at radius 1 is 0.920 bits per heavy atom. The van der Waals surface area contributed by atoms with E-state index >= 15 is 0 Å². The molecule has 0 saturated heterocycles. The number of aryl methyl sites for hydroxylation is 1. The minimum absolute atomic E-state index is 0.1000. The number of hydrogen-bond acceptors (Lipinski definition) is 5. The monoisotopic (exact) mass is 339 g/mol. The van der Waals surface area contributed by atoms with Crippen molar-refractivity contribution in [2.24, 2.45) is 0 Å². The number of esters is 1. The first-order chi connectivity index (χ1) is 12.1. The summed E-state index contributed by atoms with van der Waals surface area (Å²) < 4.78 is 4.61. The Kier molecular flexibility index (Phi) is 4.90. The van der Waals surface area contributed by atoms with Crippen LogP contribution < -0.4 is 0 Å². The van der Waals surface area contributed by atoms with E-state index in [0.29, 0.717) is 24.0 Å². The van der Waals surface area contributed by atoms with Crippen LogP contribution in [0.15, 0.2) is 48.5 Å². The van der Waals surface area contributed by atoms with Crippen molar-refractivity contribution < 1.29 is 24.0 Å². The summed E-state index contributed by atoms with van der Waals surface area (Å²) in [7, 11) is 1.36. The number of carbonyl (C=O) groups is 3. The minimum Gasteiger partial charge on any atom is -0.469 e. The lowest BCUT2D eigenvalue weighted by molar-refractivity contribution is -0.140. The quantitative estimate of drug-likeness (QED) is 0.597. The smallest absolute Gasteiger partial charge is 0.305 e. The molecule has 3 rings (SSSR count). The second kappa shape index (κ2) is 7.27. The van der Waals surface area contributed by atoms with E-state index in [9.17, 15) is 14.4 Å². The Hall–Kier alpha value is -2.99. The molecule has 25 heavy (non-hydrogen) atoms. The summed E-state index contributed by atoms with van der Waals surface area (Å²) >= 11 is 0. The van der Waals surface area contributed by atoms with Crippen LogP contribution in [0.25, 0.3) is 0 Å². The molecule has 0 bridgehead atoms. The number of hydroxylamine groups is 2. The summed E-state index contributed by atoms with van der Waals surface area (Å²) in [4.78, 5) is 40.9. The highest BCUT2D eigenvalue weighted by molar-refractivity contribution is 6.20. The number of imide groups is 1. The first kappa shape index (κ1) is 16.9.